The Morgan fingerprint density at radius 1 is 1.21 bits per heavy atom. The highest BCUT2D eigenvalue weighted by Crippen LogP contribution is 2.39. The minimum absolute atomic E-state index is 0.0121. The van der Waals surface area contributed by atoms with E-state index in [0.717, 1.165) is 35.9 Å². The maximum absolute atomic E-state index is 12.7. The fourth-order valence-corrected chi connectivity index (χ4v) is 5.04. The van der Waals surface area contributed by atoms with Gasteiger partial charge in [0.05, 0.1) is 10.2 Å². The number of hydrogen-bond donors (Lipinski definition) is 2. The molecule has 0 atom stereocenters. The van der Waals surface area contributed by atoms with Crippen LogP contribution in [0.5, 0.6) is 0 Å². The molecular formula is C20H25N3O3S2. The van der Waals surface area contributed by atoms with Crippen molar-refractivity contribution in [2.45, 2.75) is 45.4 Å². The van der Waals surface area contributed by atoms with Crippen molar-refractivity contribution in [1.82, 2.24) is 10.3 Å². The third-order valence-electron chi connectivity index (χ3n) is 5.22. The summed E-state index contributed by atoms with van der Waals surface area (Å²) in [6.07, 6.45) is 7.37. The number of nitrogens with zero attached hydrogens (tertiary/aromatic N) is 1. The van der Waals surface area contributed by atoms with Gasteiger partial charge < -0.3 is 10.6 Å². The van der Waals surface area contributed by atoms with E-state index in [0.29, 0.717) is 23.7 Å². The number of benzene rings is 1. The molecule has 0 bridgehead atoms. The van der Waals surface area contributed by atoms with Crippen molar-refractivity contribution in [2.75, 3.05) is 18.1 Å². The quantitative estimate of drug-likeness (QED) is 0.732. The van der Waals surface area contributed by atoms with E-state index in [1.54, 1.807) is 12.3 Å². The highest BCUT2D eigenvalue weighted by Gasteiger charge is 2.34. The van der Waals surface area contributed by atoms with Crippen LogP contribution in [0.15, 0.2) is 18.2 Å². The Balaban J connectivity index is 1.70. The molecule has 150 valence electrons. The van der Waals surface area contributed by atoms with Gasteiger partial charge >= 0.3 is 0 Å². The van der Waals surface area contributed by atoms with Crippen LogP contribution in [0.25, 0.3) is 10.2 Å². The molecule has 0 unspecified atom stereocenters. The second kappa shape index (κ2) is 9.05. The zero-order chi connectivity index (χ0) is 20.1. The number of fused-ring (bicyclic) bond motifs is 1. The molecule has 0 radical (unpaired) electrons. The van der Waals surface area contributed by atoms with Gasteiger partial charge in [-0.25, -0.2) is 4.98 Å². The third-order valence-corrected chi connectivity index (χ3v) is 6.76. The van der Waals surface area contributed by atoms with Crippen LogP contribution in [-0.4, -0.2) is 34.7 Å². The highest BCUT2D eigenvalue weighted by molar-refractivity contribution is 8.13. The molecule has 1 aliphatic rings. The molecule has 2 N–H and O–H groups in total. The van der Waals surface area contributed by atoms with Gasteiger partial charge in [-0.05, 0) is 42.7 Å². The first kappa shape index (κ1) is 20.8. The Kier molecular flexibility index (Phi) is 6.72. The molecule has 0 spiro atoms. The smallest absolute Gasteiger partial charge is 0.226 e. The second-order valence-corrected chi connectivity index (χ2v) is 9.20. The fraction of sp³-hybridized carbons (Fsp3) is 0.500. The van der Waals surface area contributed by atoms with Crippen molar-refractivity contribution in [3.63, 3.8) is 0 Å². The molecule has 1 aromatic heterocycles. The number of carbonyl (C=O) groups is 3. The number of hydrogen-bond acceptors (Lipinski definition) is 6. The summed E-state index contributed by atoms with van der Waals surface area (Å²) in [4.78, 5) is 40.4. The average molecular weight is 420 g/mol. The summed E-state index contributed by atoms with van der Waals surface area (Å²) in [5, 5.41) is 6.38. The zero-order valence-corrected chi connectivity index (χ0v) is 17.8. The Hall–Kier alpha value is -1.93. The van der Waals surface area contributed by atoms with Crippen LogP contribution in [0.3, 0.4) is 0 Å². The van der Waals surface area contributed by atoms with Gasteiger partial charge in [-0.2, -0.15) is 0 Å². The lowest BCUT2D eigenvalue weighted by Crippen LogP contribution is -2.40. The number of thioether (sulfide) groups is 1. The van der Waals surface area contributed by atoms with Crippen molar-refractivity contribution in [2.24, 2.45) is 5.41 Å². The summed E-state index contributed by atoms with van der Waals surface area (Å²) in [5.74, 6) is -0.140. The lowest BCUT2D eigenvalue weighted by molar-refractivity contribution is -0.122. The van der Waals surface area contributed by atoms with Crippen LogP contribution in [0, 0.1) is 5.41 Å². The topological polar surface area (TPSA) is 88.2 Å². The first-order valence-corrected chi connectivity index (χ1v) is 11.5. The van der Waals surface area contributed by atoms with E-state index in [9.17, 15) is 14.4 Å². The largest absolute Gasteiger partial charge is 0.356 e. The Morgan fingerprint density at radius 3 is 2.64 bits per heavy atom. The molecule has 8 heteroatoms. The molecule has 1 aliphatic carbocycles. The molecule has 28 heavy (non-hydrogen) atoms. The van der Waals surface area contributed by atoms with E-state index in [-0.39, 0.29) is 22.3 Å². The number of aromatic nitrogens is 1. The van der Waals surface area contributed by atoms with Crippen molar-refractivity contribution in [1.29, 1.82) is 0 Å². The normalized spacial score (nSPS) is 15.9. The number of rotatable bonds is 6. The first-order chi connectivity index (χ1) is 13.4. The fourth-order valence-electron chi connectivity index (χ4n) is 3.76. The zero-order valence-electron chi connectivity index (χ0n) is 16.2. The number of amides is 2. The second-order valence-electron chi connectivity index (χ2n) is 7.39. The van der Waals surface area contributed by atoms with Crippen LogP contribution < -0.4 is 10.6 Å². The van der Waals surface area contributed by atoms with Crippen LogP contribution in [0.4, 0.5) is 5.13 Å². The van der Waals surface area contributed by atoms with Gasteiger partial charge in [-0.15, -0.1) is 0 Å². The number of carbonyl (C=O) groups excluding carboxylic acids is 3. The molecule has 2 aromatic rings. The summed E-state index contributed by atoms with van der Waals surface area (Å²) in [6.45, 7) is 2.05. The monoisotopic (exact) mass is 419 g/mol. The molecule has 1 aromatic carbocycles. The summed E-state index contributed by atoms with van der Waals surface area (Å²) in [7, 11) is 0. The Morgan fingerprint density at radius 2 is 1.96 bits per heavy atom. The molecule has 1 heterocycles. The molecule has 1 saturated carbocycles. The van der Waals surface area contributed by atoms with Gasteiger partial charge in [0.15, 0.2) is 5.13 Å². The van der Waals surface area contributed by atoms with Gasteiger partial charge in [0, 0.05) is 25.5 Å². The number of thiazole rings is 1. The van der Waals surface area contributed by atoms with Gasteiger partial charge in [-0.1, -0.05) is 42.4 Å². The van der Waals surface area contributed by atoms with Crippen LogP contribution in [-0.2, 0) is 9.59 Å². The highest BCUT2D eigenvalue weighted by atomic mass is 32.2. The molecule has 0 saturated heterocycles. The van der Waals surface area contributed by atoms with E-state index in [4.69, 9.17) is 0 Å². The predicted octanol–water partition coefficient (Wildman–Crippen LogP) is 4.21. The molecule has 2 amide bonds. The van der Waals surface area contributed by atoms with Gasteiger partial charge in [0.2, 0.25) is 16.9 Å². The van der Waals surface area contributed by atoms with Crippen molar-refractivity contribution >= 4 is 55.4 Å². The standard InChI is InChI=1S/C20H25N3O3S2/c1-13(24)21-12-20(8-4-3-5-9-20)11-17(25)23-19-22-15-7-6-14(18(26)27-2)10-16(15)28-19/h6-7,10H,3-5,8-9,11-12H2,1-2H3,(H,21,24)(H,22,23,25). The van der Waals surface area contributed by atoms with E-state index in [1.165, 1.54) is 36.4 Å². The van der Waals surface area contributed by atoms with Gasteiger partial charge in [0.25, 0.3) is 0 Å². The molecular weight excluding hydrogens is 394 g/mol. The van der Waals surface area contributed by atoms with E-state index in [1.807, 2.05) is 12.1 Å². The Bertz CT molecular complexity index is 888. The molecule has 0 aliphatic heterocycles. The molecule has 6 nitrogen and oxygen atoms in total. The van der Waals surface area contributed by atoms with E-state index in [2.05, 4.69) is 15.6 Å². The van der Waals surface area contributed by atoms with Gasteiger partial charge in [0.1, 0.15) is 0 Å². The van der Waals surface area contributed by atoms with Crippen LogP contribution >= 0.6 is 23.1 Å². The minimum atomic E-state index is -0.178. The van der Waals surface area contributed by atoms with E-state index >= 15 is 0 Å². The lowest BCUT2D eigenvalue weighted by Gasteiger charge is -2.36. The number of anilines is 1. The first-order valence-electron chi connectivity index (χ1n) is 9.44. The summed E-state index contributed by atoms with van der Waals surface area (Å²) in [5.41, 5.74) is 1.23. The van der Waals surface area contributed by atoms with Crippen molar-refractivity contribution < 1.29 is 14.4 Å². The van der Waals surface area contributed by atoms with Crippen LogP contribution in [0.1, 0.15) is 55.8 Å². The summed E-state index contributed by atoms with van der Waals surface area (Å²) < 4.78 is 0.876. The Labute approximate surface area is 172 Å². The lowest BCUT2D eigenvalue weighted by atomic mass is 9.71. The summed E-state index contributed by atoms with van der Waals surface area (Å²) in [6, 6.07) is 5.39. The molecule has 3 rings (SSSR count). The van der Waals surface area contributed by atoms with E-state index < -0.39 is 0 Å². The number of nitrogens with one attached hydrogen (secondary N) is 2. The minimum Gasteiger partial charge on any atom is -0.356 e. The van der Waals surface area contributed by atoms with Crippen LogP contribution in [0.2, 0.25) is 0 Å². The SMILES string of the molecule is CSC(=O)c1ccc2nc(NC(=O)CC3(CNC(C)=O)CCCCC3)sc2c1. The average Bonchev–Trinajstić information content (AvgIpc) is 3.07. The third kappa shape index (κ3) is 5.11. The predicted molar refractivity (Wildman–Crippen MR) is 115 cm³/mol. The van der Waals surface area contributed by atoms with Gasteiger partial charge in [-0.3, -0.25) is 14.4 Å². The van der Waals surface area contributed by atoms with Crippen molar-refractivity contribution in [3.05, 3.63) is 23.8 Å². The maximum Gasteiger partial charge on any atom is 0.226 e. The maximum atomic E-state index is 12.7. The molecule has 1 fully saturated rings. The summed E-state index contributed by atoms with van der Waals surface area (Å²) >= 11 is 2.55. The van der Waals surface area contributed by atoms with Crippen molar-refractivity contribution in [3.8, 4) is 0 Å².